The van der Waals surface area contributed by atoms with Crippen molar-refractivity contribution >= 4 is 92.8 Å². The molecule has 1 aliphatic heterocycles. The zero-order valence-corrected chi connectivity index (χ0v) is 34.9. The summed E-state index contributed by atoms with van der Waals surface area (Å²) in [5.74, 6) is -1.77. The summed E-state index contributed by atoms with van der Waals surface area (Å²) in [6, 6.07) is 38.5. The molecule has 8 bridgehead atoms. The fraction of sp³-hybridized carbons (Fsp3) is 0.0909. The normalized spacial score (nSPS) is 18.0. The second-order valence-electron chi connectivity index (χ2n) is 13.7. The Morgan fingerprint density at radius 2 is 0.375 bits per heavy atom. The molecule has 0 unspecified atom stereocenters. The van der Waals surface area contributed by atoms with Gasteiger partial charge in [0, 0.05) is 108 Å². The molecule has 12 heteroatoms. The van der Waals surface area contributed by atoms with Crippen LogP contribution in [0.4, 0.5) is 0 Å². The van der Waals surface area contributed by atoms with Crippen molar-refractivity contribution in [2.24, 2.45) is 0 Å². The minimum absolute atomic E-state index is 0.443. The summed E-state index contributed by atoms with van der Waals surface area (Å²) in [5.41, 5.74) is 9.66. The molecule has 4 aromatic carbocycles. The maximum atomic E-state index is 7.00. The predicted octanol–water partition coefficient (Wildman–Crippen LogP) is 15.3. The third-order valence-corrected chi connectivity index (χ3v) is 13.2. The number of H-pyrrole nitrogens is 4. The second kappa shape index (κ2) is 15.2. The third kappa shape index (κ3) is 6.59. The lowest BCUT2D eigenvalue weighted by atomic mass is 9.92. The van der Waals surface area contributed by atoms with Gasteiger partial charge in [-0.25, -0.2) is 0 Å². The van der Waals surface area contributed by atoms with Gasteiger partial charge in [-0.05, 0) is 97.1 Å². The van der Waals surface area contributed by atoms with Gasteiger partial charge in [-0.3, -0.25) is 0 Å². The number of nitrogens with one attached hydrogen (secondary N) is 4. The monoisotopic (exact) mass is 892 g/mol. The molecule has 1 aliphatic rings. The molecule has 0 amide bonds. The van der Waals surface area contributed by atoms with Crippen molar-refractivity contribution in [2.75, 3.05) is 0 Å². The maximum absolute atomic E-state index is 7.00. The van der Waals surface area contributed by atoms with Crippen LogP contribution in [0.1, 0.15) is 91.5 Å². The van der Waals surface area contributed by atoms with Crippen LogP contribution in [-0.4, -0.2) is 19.9 Å². The minimum atomic E-state index is -0.443. The highest BCUT2D eigenvalue weighted by atomic mass is 35.5. The van der Waals surface area contributed by atoms with Crippen LogP contribution in [0.15, 0.2) is 121 Å². The molecule has 56 heavy (non-hydrogen) atoms. The first-order valence-electron chi connectivity index (χ1n) is 17.6. The Kier molecular flexibility index (Phi) is 10.3. The predicted molar refractivity (Wildman–Crippen MR) is 233 cm³/mol. The second-order valence-corrected chi connectivity index (χ2v) is 17.0. The number of aromatic nitrogens is 4. The fourth-order valence-electron chi connectivity index (χ4n) is 8.13. The summed E-state index contributed by atoms with van der Waals surface area (Å²) in [4.78, 5) is 15.0. The first kappa shape index (κ1) is 37.9. The molecule has 4 aromatic heterocycles. The summed E-state index contributed by atoms with van der Waals surface area (Å²) >= 11 is 56.0. The molecule has 9 rings (SSSR count). The van der Waals surface area contributed by atoms with Crippen LogP contribution in [0.25, 0.3) is 0 Å². The molecule has 0 saturated carbocycles. The van der Waals surface area contributed by atoms with E-state index in [1.165, 1.54) is 0 Å². The van der Waals surface area contributed by atoms with Crippen molar-refractivity contribution in [2.45, 2.75) is 23.7 Å². The quantitative estimate of drug-likeness (QED) is 0.136. The lowest BCUT2D eigenvalue weighted by Crippen LogP contribution is -2.12. The number of hydrogen-bond donors (Lipinski definition) is 4. The topological polar surface area (TPSA) is 63.2 Å². The Morgan fingerprint density at radius 1 is 0.232 bits per heavy atom. The Morgan fingerprint density at radius 3 is 0.518 bits per heavy atom. The van der Waals surface area contributed by atoms with Crippen LogP contribution >= 0.6 is 92.8 Å². The third-order valence-electron chi connectivity index (χ3n) is 10.6. The van der Waals surface area contributed by atoms with Crippen LogP contribution in [-0.2, 0) is 0 Å². The summed E-state index contributed by atoms with van der Waals surface area (Å²) in [6.45, 7) is 0. The van der Waals surface area contributed by atoms with E-state index in [0.29, 0.717) is 40.2 Å². The number of fused-ring (bicyclic) bond motifs is 8. The lowest BCUT2D eigenvalue weighted by Gasteiger charge is -2.23. The Labute approximate surface area is 363 Å². The highest BCUT2D eigenvalue weighted by Crippen LogP contribution is 2.47. The van der Waals surface area contributed by atoms with Crippen LogP contribution < -0.4 is 0 Å². The molecule has 0 spiro atoms. The molecule has 280 valence electrons. The molecule has 0 atom stereocenters. The minimum Gasteiger partial charge on any atom is -0.361 e. The highest BCUT2D eigenvalue weighted by molar-refractivity contribution is 6.38. The number of aromatic amines is 4. The first-order valence-corrected chi connectivity index (χ1v) is 20.6. The van der Waals surface area contributed by atoms with Crippen molar-refractivity contribution < 1.29 is 0 Å². The first-order chi connectivity index (χ1) is 27.1. The zero-order chi connectivity index (χ0) is 38.8. The van der Waals surface area contributed by atoms with E-state index >= 15 is 0 Å². The van der Waals surface area contributed by atoms with Gasteiger partial charge < -0.3 is 19.9 Å². The van der Waals surface area contributed by atoms with Gasteiger partial charge in [0.1, 0.15) is 0 Å². The van der Waals surface area contributed by atoms with Gasteiger partial charge >= 0.3 is 0 Å². The van der Waals surface area contributed by atoms with E-state index in [4.69, 9.17) is 92.8 Å². The highest BCUT2D eigenvalue weighted by Gasteiger charge is 2.34. The molecular formula is C44H28Cl8N4. The molecule has 0 saturated heterocycles. The van der Waals surface area contributed by atoms with Gasteiger partial charge in [-0.1, -0.05) is 117 Å². The number of rotatable bonds is 4. The van der Waals surface area contributed by atoms with Crippen LogP contribution in [0.2, 0.25) is 40.2 Å². The number of benzene rings is 4. The van der Waals surface area contributed by atoms with Gasteiger partial charge in [-0.2, -0.15) is 0 Å². The smallest absolute Gasteiger partial charge is 0.0670 e. The van der Waals surface area contributed by atoms with Gasteiger partial charge in [0.15, 0.2) is 0 Å². The molecule has 8 aromatic rings. The lowest BCUT2D eigenvalue weighted by molar-refractivity contribution is 0.811. The molecule has 0 fully saturated rings. The molecule has 4 nitrogen and oxygen atoms in total. The molecular weight excluding hydrogens is 868 g/mol. The average molecular weight is 896 g/mol. The van der Waals surface area contributed by atoms with E-state index in [1.807, 2.05) is 121 Å². The van der Waals surface area contributed by atoms with E-state index in [9.17, 15) is 0 Å². The van der Waals surface area contributed by atoms with Crippen molar-refractivity contribution in [3.63, 3.8) is 0 Å². The van der Waals surface area contributed by atoms with Crippen molar-refractivity contribution in [1.82, 2.24) is 19.9 Å². The van der Waals surface area contributed by atoms with E-state index in [2.05, 4.69) is 19.9 Å². The van der Waals surface area contributed by atoms with Crippen LogP contribution in [0, 0.1) is 0 Å². The molecule has 0 aliphatic carbocycles. The van der Waals surface area contributed by atoms with Crippen molar-refractivity contribution in [1.29, 1.82) is 0 Å². The van der Waals surface area contributed by atoms with Gasteiger partial charge in [0.25, 0.3) is 0 Å². The molecule has 5 heterocycles. The molecule has 0 radical (unpaired) electrons. The summed E-state index contributed by atoms with van der Waals surface area (Å²) in [5, 5.41) is 4.17. The van der Waals surface area contributed by atoms with Gasteiger partial charge in [-0.15, -0.1) is 0 Å². The number of hydrogen-bond acceptors (Lipinski definition) is 0. The standard InChI is InChI=1S/C44H28Cl8N4/c45-21-5-1-6-22(46)37(21)41-29-13-15-31(53-29)42(38-23(47)7-2-8-24(38)48)33-17-19-35(55-33)44(40-27(51)11-4-12-28(40)52)36-20-18-34(56-36)43(32-16-14-30(41)54-32)39-25(49)9-3-10-26(39)50/h1-20,41-44,53-56H. The maximum Gasteiger partial charge on any atom is 0.0670 e. The van der Waals surface area contributed by atoms with Gasteiger partial charge in [0.2, 0.25) is 0 Å². The van der Waals surface area contributed by atoms with Gasteiger partial charge in [0.05, 0.1) is 23.7 Å². The van der Waals surface area contributed by atoms with Crippen molar-refractivity contribution in [3.8, 4) is 0 Å². The fourth-order valence-corrected chi connectivity index (χ4v) is 10.6. The Balaban J connectivity index is 1.36. The zero-order valence-electron chi connectivity index (χ0n) is 28.9. The Hall–Kier alpha value is -3.68. The van der Waals surface area contributed by atoms with E-state index in [-0.39, 0.29) is 0 Å². The average Bonchev–Trinajstić information content (AvgIpc) is 4.00. The van der Waals surface area contributed by atoms with E-state index < -0.39 is 23.7 Å². The summed E-state index contributed by atoms with van der Waals surface area (Å²) < 4.78 is 0. The number of halogens is 8. The summed E-state index contributed by atoms with van der Waals surface area (Å²) in [7, 11) is 0. The van der Waals surface area contributed by atoms with Crippen molar-refractivity contribution in [3.05, 3.63) is 229 Å². The van der Waals surface area contributed by atoms with E-state index in [1.54, 1.807) is 0 Å². The summed E-state index contributed by atoms with van der Waals surface area (Å²) in [6.07, 6.45) is 0. The largest absolute Gasteiger partial charge is 0.361 e. The van der Waals surface area contributed by atoms with E-state index in [0.717, 1.165) is 67.8 Å². The van der Waals surface area contributed by atoms with Crippen LogP contribution in [0.3, 0.4) is 0 Å². The van der Waals surface area contributed by atoms with Crippen LogP contribution in [0.5, 0.6) is 0 Å². The molecule has 4 N–H and O–H groups in total. The SMILES string of the molecule is Clc1cccc(Cl)c1C1c2ccc([nH]2)C(c2c(Cl)cccc2Cl)c2ccc([nH]2)C(c2c(Cl)cccc2Cl)c2ccc([nH]2)C(c2c(Cl)cccc2Cl)c2ccc1[nH]2. The Bertz CT molecular complexity index is 2230.